The summed E-state index contributed by atoms with van der Waals surface area (Å²) in [5, 5.41) is 0. The van der Waals surface area contributed by atoms with Crippen molar-refractivity contribution in [2.45, 2.75) is 20.0 Å². The second-order valence-corrected chi connectivity index (χ2v) is 5.46. The van der Waals surface area contributed by atoms with E-state index in [4.69, 9.17) is 24.1 Å². The first-order chi connectivity index (χ1) is 6.61. The Kier molecular flexibility index (Phi) is 8.46. The molecule has 0 aliphatic rings. The van der Waals surface area contributed by atoms with Gasteiger partial charge in [0.1, 0.15) is 0 Å². The second kappa shape index (κ2) is 8.41. The van der Waals surface area contributed by atoms with Crippen LogP contribution in [-0.4, -0.2) is 6.10 Å². The minimum atomic E-state index is -0.346. The molecule has 0 heterocycles. The maximum absolute atomic E-state index is 5.48. The van der Waals surface area contributed by atoms with Crippen LogP contribution >= 0.6 is 19.4 Å². The molecule has 0 aromatic heterocycles. The van der Waals surface area contributed by atoms with E-state index in [1.165, 1.54) is 0 Å². The molecule has 14 heavy (non-hydrogen) atoms. The number of hydrogen-bond acceptors (Lipinski definition) is 1. The fraction of sp³-hybridized carbons (Fsp3) is 0.300. The summed E-state index contributed by atoms with van der Waals surface area (Å²) < 4.78 is 5.48. The zero-order chi connectivity index (χ0) is 11.0. The Morgan fingerprint density at radius 3 is 2.21 bits per heavy atom. The Morgan fingerprint density at radius 2 is 1.79 bits per heavy atom. The van der Waals surface area contributed by atoms with E-state index in [1.807, 2.05) is 38.1 Å². The number of halogens is 2. The van der Waals surface area contributed by atoms with Crippen molar-refractivity contribution < 1.29 is 19.9 Å². The first kappa shape index (κ1) is 14.1. The van der Waals surface area contributed by atoms with E-state index >= 15 is 0 Å². The molecule has 0 aliphatic heterocycles. The third kappa shape index (κ3) is 6.53. The SMILES string of the molecule is [CH2-]c1ccccc1OC(C)C.[Cl][Ru][Cl]. The first-order valence-electron chi connectivity index (χ1n) is 4.04. The molecule has 0 bridgehead atoms. The Hall–Kier alpha value is 0.0934. The van der Waals surface area contributed by atoms with Gasteiger partial charge in [-0.05, 0) is 13.8 Å². The van der Waals surface area contributed by atoms with Crippen molar-refractivity contribution in [3.05, 3.63) is 36.8 Å². The molecule has 0 amide bonds. The average Bonchev–Trinajstić information content (AvgIpc) is 2.09. The number of benzene rings is 1. The van der Waals surface area contributed by atoms with E-state index in [9.17, 15) is 0 Å². The zero-order valence-electron chi connectivity index (χ0n) is 8.11. The van der Waals surface area contributed by atoms with E-state index in [2.05, 4.69) is 6.92 Å². The van der Waals surface area contributed by atoms with Crippen molar-refractivity contribution in [2.24, 2.45) is 0 Å². The molecule has 0 aliphatic carbocycles. The molecule has 0 spiro atoms. The van der Waals surface area contributed by atoms with Crippen LogP contribution < -0.4 is 4.74 Å². The van der Waals surface area contributed by atoms with E-state index in [0.717, 1.165) is 11.3 Å². The molecule has 0 unspecified atom stereocenters. The standard InChI is InChI=1S/C10H13O.2ClH.Ru/c1-8(2)11-10-7-5-4-6-9(10)3;;;/h4-8H,3H2,1-2H3;2*1H;/q-1;;;+2/p-2. The monoisotopic (exact) mass is 321 g/mol. The van der Waals surface area contributed by atoms with Crippen molar-refractivity contribution in [1.82, 2.24) is 0 Å². The molecule has 0 fully saturated rings. The molecule has 0 saturated heterocycles. The van der Waals surface area contributed by atoms with Gasteiger partial charge in [0, 0.05) is 5.75 Å². The molecule has 0 atom stereocenters. The number of para-hydroxylation sites is 1. The average molecular weight is 321 g/mol. The van der Waals surface area contributed by atoms with Gasteiger partial charge in [-0.2, -0.15) is 18.6 Å². The van der Waals surface area contributed by atoms with Crippen LogP contribution in [-0.2, 0) is 15.1 Å². The molecule has 82 valence electrons. The van der Waals surface area contributed by atoms with Crippen molar-refractivity contribution in [3.8, 4) is 5.75 Å². The Morgan fingerprint density at radius 1 is 1.29 bits per heavy atom. The summed E-state index contributed by atoms with van der Waals surface area (Å²) in [4.78, 5) is 0. The molecular formula is C10H13Cl2ORu-. The Labute approximate surface area is 101 Å². The number of rotatable bonds is 2. The third-order valence-corrected chi connectivity index (χ3v) is 1.34. The topological polar surface area (TPSA) is 9.23 Å². The zero-order valence-corrected chi connectivity index (χ0v) is 11.4. The molecule has 1 aromatic rings. The van der Waals surface area contributed by atoms with Crippen LogP contribution in [0.1, 0.15) is 19.4 Å². The summed E-state index contributed by atoms with van der Waals surface area (Å²) in [5.74, 6) is 0.877. The van der Waals surface area contributed by atoms with Gasteiger partial charge in [0.15, 0.2) is 0 Å². The summed E-state index contributed by atoms with van der Waals surface area (Å²) in [6.45, 7) is 7.86. The van der Waals surface area contributed by atoms with Gasteiger partial charge in [-0.3, -0.25) is 0 Å². The van der Waals surface area contributed by atoms with Gasteiger partial charge in [-0.25, -0.2) is 0 Å². The van der Waals surface area contributed by atoms with Gasteiger partial charge in [-0.1, -0.05) is 12.1 Å². The quantitative estimate of drug-likeness (QED) is 0.590. The Balaban J connectivity index is 0.000000500. The molecule has 0 saturated carbocycles. The van der Waals surface area contributed by atoms with Gasteiger partial charge in [-0.15, -0.1) is 6.07 Å². The van der Waals surface area contributed by atoms with Gasteiger partial charge in [0.2, 0.25) is 0 Å². The summed E-state index contributed by atoms with van der Waals surface area (Å²) >= 11 is -0.346. The van der Waals surface area contributed by atoms with Gasteiger partial charge < -0.3 is 4.74 Å². The molecule has 1 aromatic carbocycles. The normalized spacial score (nSPS) is 9.50. The van der Waals surface area contributed by atoms with Crippen LogP contribution in [0.5, 0.6) is 5.75 Å². The predicted octanol–water partition coefficient (Wildman–Crippen LogP) is 4.03. The van der Waals surface area contributed by atoms with Crippen LogP contribution in [0.15, 0.2) is 24.3 Å². The molecule has 0 radical (unpaired) electrons. The van der Waals surface area contributed by atoms with Crippen LogP contribution in [0.4, 0.5) is 0 Å². The summed E-state index contributed by atoms with van der Waals surface area (Å²) in [6, 6.07) is 7.78. The molecular weight excluding hydrogens is 308 g/mol. The van der Waals surface area contributed by atoms with Crippen molar-refractivity contribution in [3.63, 3.8) is 0 Å². The summed E-state index contributed by atoms with van der Waals surface area (Å²) in [6.07, 6.45) is 0.220. The van der Waals surface area contributed by atoms with Crippen LogP contribution in [0.25, 0.3) is 0 Å². The third-order valence-electron chi connectivity index (χ3n) is 1.34. The van der Waals surface area contributed by atoms with Crippen molar-refractivity contribution in [1.29, 1.82) is 0 Å². The first-order valence-corrected chi connectivity index (χ1v) is 8.52. The van der Waals surface area contributed by atoms with Gasteiger partial charge in [0.05, 0.1) is 6.10 Å². The predicted molar refractivity (Wildman–Crippen MR) is 58.4 cm³/mol. The maximum atomic E-state index is 5.48. The fourth-order valence-electron chi connectivity index (χ4n) is 0.873. The van der Waals surface area contributed by atoms with E-state index in [1.54, 1.807) is 0 Å². The van der Waals surface area contributed by atoms with Crippen LogP contribution in [0.2, 0.25) is 0 Å². The number of ether oxygens (including phenoxy) is 1. The fourth-order valence-corrected chi connectivity index (χ4v) is 0.873. The number of hydrogen-bond donors (Lipinski definition) is 0. The molecule has 4 heteroatoms. The van der Waals surface area contributed by atoms with E-state index in [-0.39, 0.29) is 21.2 Å². The van der Waals surface area contributed by atoms with Crippen molar-refractivity contribution >= 4 is 19.4 Å². The molecule has 0 N–H and O–H groups in total. The summed E-state index contributed by atoms with van der Waals surface area (Å²) in [7, 11) is 9.71. The van der Waals surface area contributed by atoms with Gasteiger partial charge >= 0.3 is 34.5 Å². The summed E-state index contributed by atoms with van der Waals surface area (Å²) in [5.41, 5.74) is 0.946. The van der Waals surface area contributed by atoms with Crippen LogP contribution in [0.3, 0.4) is 0 Å². The molecule has 1 rings (SSSR count). The Bertz CT molecular complexity index is 254. The second-order valence-electron chi connectivity index (χ2n) is 2.82. The molecule has 1 nitrogen and oxygen atoms in total. The van der Waals surface area contributed by atoms with Gasteiger partial charge in [0.25, 0.3) is 0 Å². The van der Waals surface area contributed by atoms with E-state index < -0.39 is 0 Å². The van der Waals surface area contributed by atoms with Crippen molar-refractivity contribution in [2.75, 3.05) is 0 Å². The minimum absolute atomic E-state index is 0.220. The van der Waals surface area contributed by atoms with Crippen LogP contribution in [0, 0.1) is 6.92 Å². The van der Waals surface area contributed by atoms with E-state index in [0.29, 0.717) is 0 Å².